The molecule has 1 aromatic rings. The molecule has 0 spiro atoms. The molecule has 0 aliphatic rings. The van der Waals surface area contributed by atoms with Gasteiger partial charge in [0, 0.05) is 0 Å². The Balaban J connectivity index is 3.35. The molecule has 0 saturated heterocycles. The zero-order valence-corrected chi connectivity index (χ0v) is 6.78. The average molecular weight is 191 g/mol. The number of aromatic amines is 1. The van der Waals surface area contributed by atoms with Gasteiger partial charge in [-0.15, -0.1) is 0 Å². The second-order valence-electron chi connectivity index (χ2n) is 1.78. The zero-order valence-electron chi connectivity index (χ0n) is 5.20. The van der Waals surface area contributed by atoms with Crippen LogP contribution in [0.5, 0.6) is 0 Å². The highest BCUT2D eigenvalue weighted by molar-refractivity contribution is 7.71. The van der Waals surface area contributed by atoms with E-state index in [2.05, 4.69) is 17.2 Å². The topological polar surface area (TPSA) is 58.9 Å². The molecular formula is C5H3ClN2O2S. The van der Waals surface area contributed by atoms with Crippen LogP contribution in [0.15, 0.2) is 12.1 Å². The van der Waals surface area contributed by atoms with Crippen LogP contribution in [0.3, 0.4) is 0 Å². The summed E-state index contributed by atoms with van der Waals surface area (Å²) in [5.41, 5.74) is 0. The first-order valence-corrected chi connectivity index (χ1v) is 3.43. The Morgan fingerprint density at radius 1 is 1.64 bits per heavy atom. The Hall–Kier alpha value is -0.940. The summed E-state index contributed by atoms with van der Waals surface area (Å²) in [5.74, 6) is -0.265. The molecule has 0 radical (unpaired) electrons. The van der Waals surface area contributed by atoms with Gasteiger partial charge < -0.3 is 10.1 Å². The van der Waals surface area contributed by atoms with E-state index in [-0.39, 0.29) is 10.8 Å². The van der Waals surface area contributed by atoms with Crippen LogP contribution in [-0.2, 0) is 0 Å². The molecule has 0 unspecified atom stereocenters. The van der Waals surface area contributed by atoms with E-state index in [1.54, 1.807) is 0 Å². The lowest BCUT2D eigenvalue weighted by Gasteiger charge is -1.94. The van der Waals surface area contributed by atoms with Crippen molar-refractivity contribution in [1.82, 2.24) is 4.98 Å². The van der Waals surface area contributed by atoms with E-state index >= 15 is 0 Å². The molecule has 58 valence electrons. The highest BCUT2D eigenvalue weighted by atomic mass is 35.5. The molecule has 0 saturated carbocycles. The largest absolute Gasteiger partial charge is 0.358 e. The van der Waals surface area contributed by atoms with Gasteiger partial charge in [-0.1, -0.05) is 11.6 Å². The zero-order chi connectivity index (χ0) is 8.43. The van der Waals surface area contributed by atoms with Crippen LogP contribution in [0.2, 0.25) is 5.02 Å². The van der Waals surface area contributed by atoms with Crippen molar-refractivity contribution in [2.24, 2.45) is 0 Å². The fraction of sp³-hybridized carbons (Fsp3) is 0. The number of hydrogen-bond donors (Lipinski definition) is 1. The molecule has 0 amide bonds. The van der Waals surface area contributed by atoms with Crippen molar-refractivity contribution in [2.75, 3.05) is 0 Å². The number of rotatable bonds is 1. The van der Waals surface area contributed by atoms with Crippen molar-refractivity contribution in [1.29, 1.82) is 0 Å². The number of halogens is 1. The second kappa shape index (κ2) is 2.98. The maximum absolute atomic E-state index is 10.2. The van der Waals surface area contributed by atoms with Gasteiger partial charge >= 0.3 is 5.82 Å². The number of nitrogens with zero attached hydrogens (tertiary/aromatic N) is 1. The third-order valence-electron chi connectivity index (χ3n) is 1.03. The number of nitrogens with one attached hydrogen (secondary N) is 1. The van der Waals surface area contributed by atoms with Gasteiger partial charge in [-0.25, -0.2) is 4.98 Å². The number of pyridine rings is 1. The molecule has 11 heavy (non-hydrogen) atoms. The molecule has 0 atom stereocenters. The molecule has 6 heteroatoms. The van der Waals surface area contributed by atoms with Gasteiger partial charge in [0.1, 0.15) is 5.02 Å². The van der Waals surface area contributed by atoms with Crippen LogP contribution in [0, 0.1) is 14.8 Å². The van der Waals surface area contributed by atoms with Crippen LogP contribution in [0.4, 0.5) is 5.82 Å². The van der Waals surface area contributed by atoms with Crippen LogP contribution in [-0.4, -0.2) is 9.91 Å². The summed E-state index contributed by atoms with van der Waals surface area (Å²) in [6.45, 7) is 0. The van der Waals surface area contributed by atoms with Crippen molar-refractivity contribution < 1.29 is 4.92 Å². The Morgan fingerprint density at radius 2 is 2.27 bits per heavy atom. The SMILES string of the molecule is O=[N+]([O-])c1[nH]c(=S)ccc1Cl. The van der Waals surface area contributed by atoms with Gasteiger partial charge in [-0.05, 0) is 29.3 Å². The minimum atomic E-state index is -0.613. The Kier molecular flexibility index (Phi) is 2.21. The predicted molar refractivity (Wildman–Crippen MR) is 43.3 cm³/mol. The molecular weight excluding hydrogens is 188 g/mol. The summed E-state index contributed by atoms with van der Waals surface area (Å²) in [4.78, 5) is 12.0. The van der Waals surface area contributed by atoms with Gasteiger partial charge in [0.15, 0.2) is 4.64 Å². The van der Waals surface area contributed by atoms with Crippen molar-refractivity contribution >= 4 is 29.6 Å². The molecule has 1 aromatic heterocycles. The molecule has 0 aliphatic heterocycles. The lowest BCUT2D eigenvalue weighted by molar-refractivity contribution is -0.389. The molecule has 0 bridgehead atoms. The predicted octanol–water partition coefficient (Wildman–Crippen LogP) is 2.31. The van der Waals surface area contributed by atoms with Crippen molar-refractivity contribution in [3.05, 3.63) is 31.9 Å². The van der Waals surface area contributed by atoms with E-state index in [9.17, 15) is 10.1 Å². The fourth-order valence-electron chi connectivity index (χ4n) is 0.579. The highest BCUT2D eigenvalue weighted by Crippen LogP contribution is 2.19. The Labute approximate surface area is 72.0 Å². The Morgan fingerprint density at radius 3 is 2.73 bits per heavy atom. The summed E-state index contributed by atoms with van der Waals surface area (Å²) < 4.78 is 0.293. The standard InChI is InChI=1S/C5H3ClN2O2S/c6-3-1-2-4(11)7-5(3)8(9)10/h1-2H,(H,7,11). The highest BCUT2D eigenvalue weighted by Gasteiger charge is 2.08. The first-order valence-electron chi connectivity index (χ1n) is 2.64. The monoisotopic (exact) mass is 190 g/mol. The van der Waals surface area contributed by atoms with Crippen LogP contribution < -0.4 is 0 Å². The fourth-order valence-corrected chi connectivity index (χ4v) is 0.923. The van der Waals surface area contributed by atoms with Crippen molar-refractivity contribution in [3.8, 4) is 0 Å². The van der Waals surface area contributed by atoms with Gasteiger partial charge in [-0.3, -0.25) is 0 Å². The number of aromatic nitrogens is 1. The number of H-pyrrole nitrogens is 1. The van der Waals surface area contributed by atoms with E-state index in [0.717, 1.165) is 0 Å². The summed E-state index contributed by atoms with van der Waals surface area (Å²) in [7, 11) is 0. The van der Waals surface area contributed by atoms with Crippen LogP contribution >= 0.6 is 23.8 Å². The van der Waals surface area contributed by atoms with Gasteiger partial charge in [0.05, 0.1) is 0 Å². The smallest absolute Gasteiger partial charge is 0.340 e. The minimum Gasteiger partial charge on any atom is -0.358 e. The molecule has 4 nitrogen and oxygen atoms in total. The van der Waals surface area contributed by atoms with E-state index < -0.39 is 4.92 Å². The summed E-state index contributed by atoms with van der Waals surface area (Å²) in [6.07, 6.45) is 0. The maximum Gasteiger partial charge on any atom is 0.340 e. The van der Waals surface area contributed by atoms with E-state index in [0.29, 0.717) is 4.64 Å². The van der Waals surface area contributed by atoms with Crippen LogP contribution in [0.1, 0.15) is 0 Å². The minimum absolute atomic E-state index is 0.0589. The lowest BCUT2D eigenvalue weighted by Crippen LogP contribution is -1.92. The lowest BCUT2D eigenvalue weighted by atomic mass is 10.5. The van der Waals surface area contributed by atoms with Gasteiger partial charge in [0.25, 0.3) is 0 Å². The molecule has 1 N–H and O–H groups in total. The van der Waals surface area contributed by atoms with Crippen molar-refractivity contribution in [2.45, 2.75) is 0 Å². The summed E-state index contributed by atoms with van der Waals surface area (Å²) in [5, 5.41) is 10.3. The number of nitro groups is 1. The molecule has 0 aliphatic carbocycles. The van der Waals surface area contributed by atoms with E-state index in [1.165, 1.54) is 12.1 Å². The van der Waals surface area contributed by atoms with Gasteiger partial charge in [-0.2, -0.15) is 0 Å². The maximum atomic E-state index is 10.2. The Bertz CT molecular complexity index is 349. The first kappa shape index (κ1) is 8.16. The second-order valence-corrected chi connectivity index (χ2v) is 2.62. The first-order chi connectivity index (χ1) is 5.11. The summed E-state index contributed by atoms with van der Waals surface area (Å²) >= 11 is 10.1. The molecule has 0 fully saturated rings. The quantitative estimate of drug-likeness (QED) is 0.420. The van der Waals surface area contributed by atoms with E-state index in [4.69, 9.17) is 11.6 Å². The third kappa shape index (κ3) is 1.75. The van der Waals surface area contributed by atoms with Gasteiger partial charge in [0.2, 0.25) is 0 Å². The molecule has 0 aromatic carbocycles. The van der Waals surface area contributed by atoms with Crippen LogP contribution in [0.25, 0.3) is 0 Å². The molecule has 1 heterocycles. The normalized spacial score (nSPS) is 9.55. The third-order valence-corrected chi connectivity index (χ3v) is 1.57. The number of hydrogen-bond acceptors (Lipinski definition) is 3. The molecule has 1 rings (SSSR count). The average Bonchev–Trinajstić information content (AvgIpc) is 1.94. The summed E-state index contributed by atoms with van der Waals surface area (Å²) in [6, 6.07) is 2.88. The van der Waals surface area contributed by atoms with E-state index in [1.807, 2.05) is 0 Å². The van der Waals surface area contributed by atoms with Crippen molar-refractivity contribution in [3.63, 3.8) is 0 Å².